The molecular formula is C17H25NO4. The summed E-state index contributed by atoms with van der Waals surface area (Å²) in [6, 6.07) is 9.48. The molecule has 1 aromatic carbocycles. The van der Waals surface area contributed by atoms with Gasteiger partial charge in [-0.15, -0.1) is 0 Å². The van der Waals surface area contributed by atoms with Gasteiger partial charge in [0.1, 0.15) is 0 Å². The van der Waals surface area contributed by atoms with Crippen molar-refractivity contribution in [1.29, 1.82) is 0 Å². The van der Waals surface area contributed by atoms with E-state index >= 15 is 0 Å². The normalized spacial score (nSPS) is 19.0. The number of nitrogens with one attached hydrogen (secondary N) is 1. The van der Waals surface area contributed by atoms with Gasteiger partial charge in [-0.3, -0.25) is 4.79 Å². The first kappa shape index (κ1) is 16.9. The van der Waals surface area contributed by atoms with Crippen LogP contribution in [0.3, 0.4) is 0 Å². The number of methoxy groups -OCH3 is 1. The van der Waals surface area contributed by atoms with Gasteiger partial charge in [-0.2, -0.15) is 0 Å². The third-order valence-corrected chi connectivity index (χ3v) is 3.67. The Morgan fingerprint density at radius 2 is 2.23 bits per heavy atom. The van der Waals surface area contributed by atoms with E-state index in [9.17, 15) is 4.79 Å². The average Bonchev–Trinajstić information content (AvgIpc) is 3.06. The first-order valence-corrected chi connectivity index (χ1v) is 7.86. The Labute approximate surface area is 131 Å². The van der Waals surface area contributed by atoms with Crippen molar-refractivity contribution in [3.8, 4) is 0 Å². The number of rotatable bonds is 9. The average molecular weight is 307 g/mol. The molecule has 1 aliphatic rings. The molecular weight excluding hydrogens is 282 g/mol. The fourth-order valence-electron chi connectivity index (χ4n) is 2.49. The van der Waals surface area contributed by atoms with Crippen molar-refractivity contribution >= 4 is 5.91 Å². The highest BCUT2D eigenvalue weighted by molar-refractivity contribution is 5.82. The van der Waals surface area contributed by atoms with E-state index in [1.807, 2.05) is 30.3 Å². The maximum Gasteiger partial charge on any atom is 0.253 e. The zero-order valence-corrected chi connectivity index (χ0v) is 13.1. The van der Waals surface area contributed by atoms with Gasteiger partial charge in [0.05, 0.1) is 12.7 Å². The third-order valence-electron chi connectivity index (χ3n) is 3.67. The van der Waals surface area contributed by atoms with Crippen molar-refractivity contribution in [2.45, 2.75) is 31.5 Å². The number of ether oxygens (including phenoxy) is 3. The van der Waals surface area contributed by atoms with Gasteiger partial charge in [0, 0.05) is 26.9 Å². The first-order chi connectivity index (χ1) is 10.8. The van der Waals surface area contributed by atoms with Crippen molar-refractivity contribution in [3.63, 3.8) is 0 Å². The molecule has 0 aliphatic carbocycles. The van der Waals surface area contributed by atoms with Gasteiger partial charge < -0.3 is 19.5 Å². The number of hydrogen-bond acceptors (Lipinski definition) is 4. The zero-order chi connectivity index (χ0) is 15.6. The minimum absolute atomic E-state index is 0.118. The Hall–Kier alpha value is -1.43. The number of carbonyl (C=O) groups excluding carboxylic acids is 1. The van der Waals surface area contributed by atoms with Crippen molar-refractivity contribution in [2.75, 3.05) is 33.5 Å². The molecule has 2 rings (SSSR count). The zero-order valence-electron chi connectivity index (χ0n) is 13.1. The molecule has 5 nitrogen and oxygen atoms in total. The maximum atomic E-state index is 12.1. The van der Waals surface area contributed by atoms with Crippen LogP contribution >= 0.6 is 0 Å². The topological polar surface area (TPSA) is 56.8 Å². The SMILES string of the molecule is COC(C(=O)NCCCOCC1CCCO1)c1ccccc1. The molecule has 1 heterocycles. The van der Waals surface area contributed by atoms with Crippen LogP contribution < -0.4 is 5.32 Å². The highest BCUT2D eigenvalue weighted by Gasteiger charge is 2.19. The van der Waals surface area contributed by atoms with Crippen molar-refractivity contribution in [1.82, 2.24) is 5.32 Å². The highest BCUT2D eigenvalue weighted by Crippen LogP contribution is 2.16. The summed E-state index contributed by atoms with van der Waals surface area (Å²) in [4.78, 5) is 12.1. The molecule has 1 fully saturated rings. The number of hydrogen-bond donors (Lipinski definition) is 1. The second-order valence-electron chi connectivity index (χ2n) is 5.38. The lowest BCUT2D eigenvalue weighted by atomic mass is 10.1. The van der Waals surface area contributed by atoms with Crippen LogP contribution in [-0.4, -0.2) is 45.5 Å². The second kappa shape index (κ2) is 9.56. The maximum absolute atomic E-state index is 12.1. The lowest BCUT2D eigenvalue weighted by Crippen LogP contribution is -2.31. The minimum atomic E-state index is -0.561. The molecule has 5 heteroatoms. The van der Waals surface area contributed by atoms with Crippen LogP contribution in [-0.2, 0) is 19.0 Å². The summed E-state index contributed by atoms with van der Waals surface area (Å²) >= 11 is 0. The van der Waals surface area contributed by atoms with Gasteiger partial charge in [-0.25, -0.2) is 0 Å². The van der Waals surface area contributed by atoms with Crippen LogP contribution in [0.25, 0.3) is 0 Å². The van der Waals surface area contributed by atoms with E-state index in [-0.39, 0.29) is 12.0 Å². The van der Waals surface area contributed by atoms with Crippen molar-refractivity contribution in [3.05, 3.63) is 35.9 Å². The van der Waals surface area contributed by atoms with Crippen molar-refractivity contribution < 1.29 is 19.0 Å². The van der Waals surface area contributed by atoms with Gasteiger partial charge in [-0.05, 0) is 24.8 Å². The predicted octanol–water partition coefficient (Wildman–Crippen LogP) is 2.08. The summed E-state index contributed by atoms with van der Waals surface area (Å²) in [6.45, 7) is 2.71. The Morgan fingerprint density at radius 1 is 1.41 bits per heavy atom. The van der Waals surface area contributed by atoms with E-state index < -0.39 is 6.10 Å². The summed E-state index contributed by atoms with van der Waals surface area (Å²) in [5, 5.41) is 2.89. The highest BCUT2D eigenvalue weighted by atomic mass is 16.5. The lowest BCUT2D eigenvalue weighted by Gasteiger charge is -2.15. The van der Waals surface area contributed by atoms with Crippen molar-refractivity contribution in [2.24, 2.45) is 0 Å². The molecule has 0 radical (unpaired) electrons. The van der Waals surface area contributed by atoms with Crippen LogP contribution in [0.5, 0.6) is 0 Å². The fourth-order valence-corrected chi connectivity index (χ4v) is 2.49. The molecule has 22 heavy (non-hydrogen) atoms. The summed E-state index contributed by atoms with van der Waals surface area (Å²) < 4.78 is 16.3. The minimum Gasteiger partial charge on any atom is -0.379 e. The fraction of sp³-hybridized carbons (Fsp3) is 0.588. The molecule has 2 atom stereocenters. The van der Waals surface area contributed by atoms with E-state index in [1.54, 1.807) is 7.11 Å². The molecule has 1 saturated heterocycles. The largest absolute Gasteiger partial charge is 0.379 e. The standard InChI is InChI=1S/C17H25NO4/c1-20-16(14-7-3-2-4-8-14)17(19)18-10-6-11-21-13-15-9-5-12-22-15/h2-4,7-8,15-16H,5-6,9-13H2,1H3,(H,18,19). The molecule has 0 aromatic heterocycles. The second-order valence-corrected chi connectivity index (χ2v) is 5.38. The molecule has 2 unspecified atom stereocenters. The molecule has 0 saturated carbocycles. The molecule has 0 spiro atoms. The summed E-state index contributed by atoms with van der Waals surface area (Å²) in [5.41, 5.74) is 0.858. The van der Waals surface area contributed by atoms with Crippen LogP contribution in [0.15, 0.2) is 30.3 Å². The van der Waals surface area contributed by atoms with Gasteiger partial charge >= 0.3 is 0 Å². The van der Waals surface area contributed by atoms with Crippen LogP contribution in [0, 0.1) is 0 Å². The van der Waals surface area contributed by atoms with Gasteiger partial charge in [0.15, 0.2) is 6.10 Å². The number of carbonyl (C=O) groups is 1. The van der Waals surface area contributed by atoms with Crippen LogP contribution in [0.2, 0.25) is 0 Å². The molecule has 1 N–H and O–H groups in total. The quantitative estimate of drug-likeness (QED) is 0.710. The lowest BCUT2D eigenvalue weighted by molar-refractivity contribution is -0.131. The number of amides is 1. The van der Waals surface area contributed by atoms with E-state index in [2.05, 4.69) is 5.32 Å². The predicted molar refractivity (Wildman–Crippen MR) is 83.6 cm³/mol. The summed E-state index contributed by atoms with van der Waals surface area (Å²) in [6.07, 6.45) is 2.69. The van der Waals surface area contributed by atoms with Crippen LogP contribution in [0.4, 0.5) is 0 Å². The Bertz CT molecular complexity index is 432. The summed E-state index contributed by atoms with van der Waals surface area (Å²) in [5.74, 6) is -0.118. The van der Waals surface area contributed by atoms with E-state index in [4.69, 9.17) is 14.2 Å². The molecule has 0 bridgehead atoms. The van der Waals surface area contributed by atoms with E-state index in [0.717, 1.165) is 31.4 Å². The summed E-state index contributed by atoms with van der Waals surface area (Å²) in [7, 11) is 1.54. The van der Waals surface area contributed by atoms with Crippen LogP contribution in [0.1, 0.15) is 30.9 Å². The third kappa shape index (κ3) is 5.40. The molecule has 1 amide bonds. The molecule has 1 aliphatic heterocycles. The Morgan fingerprint density at radius 3 is 2.91 bits per heavy atom. The number of benzene rings is 1. The Kier molecular flexibility index (Phi) is 7.36. The smallest absolute Gasteiger partial charge is 0.253 e. The van der Waals surface area contributed by atoms with Gasteiger partial charge in [0.25, 0.3) is 5.91 Å². The first-order valence-electron chi connectivity index (χ1n) is 7.86. The monoisotopic (exact) mass is 307 g/mol. The molecule has 1 aromatic rings. The Balaban J connectivity index is 1.60. The van der Waals surface area contributed by atoms with Gasteiger partial charge in [0.2, 0.25) is 0 Å². The van der Waals surface area contributed by atoms with Gasteiger partial charge in [-0.1, -0.05) is 30.3 Å². The van der Waals surface area contributed by atoms with E-state index in [1.165, 1.54) is 0 Å². The van der Waals surface area contributed by atoms with E-state index in [0.29, 0.717) is 19.8 Å². The molecule has 122 valence electrons.